The molecule has 0 aliphatic carbocycles. The molecule has 0 aromatic carbocycles. The zero-order valence-electron chi connectivity index (χ0n) is 57.9. The second kappa shape index (κ2) is 68.0. The van der Waals surface area contributed by atoms with Gasteiger partial charge in [0.25, 0.3) is 0 Å². The molecule has 0 aromatic rings. The monoisotopic (exact) mass is 1250 g/mol. The molecular formula is C78H139NO8P+. The molecule has 1 N–H and O–H groups in total. The van der Waals surface area contributed by atoms with Crippen LogP contribution < -0.4 is 0 Å². The SMILES string of the molecule is CC/C=C\C/C=C\C/C=C\C/C=C\C/C=C\C/C=C\CCCCCCC(=O)OC(COC(=O)CCCCCCCCCCCCCCCCCCCCCCCCCCCC/C=C\C/C=C\C/C=C\CCCCCCC)COP(=O)(O)OCC[N+](C)(C)C. The van der Waals surface area contributed by atoms with Gasteiger partial charge in [0, 0.05) is 12.8 Å². The number of carbonyl (C=O) groups excluding carboxylic acids is 2. The van der Waals surface area contributed by atoms with E-state index in [9.17, 15) is 19.0 Å². The second-order valence-electron chi connectivity index (χ2n) is 25.6. The van der Waals surface area contributed by atoms with Crippen molar-refractivity contribution in [3.05, 3.63) is 109 Å². The van der Waals surface area contributed by atoms with Crippen molar-refractivity contribution in [1.82, 2.24) is 0 Å². The number of phosphoric ester groups is 1. The Morgan fingerprint density at radius 3 is 0.966 bits per heavy atom. The van der Waals surface area contributed by atoms with E-state index in [1.807, 2.05) is 21.1 Å². The van der Waals surface area contributed by atoms with Gasteiger partial charge in [-0.1, -0.05) is 316 Å². The average Bonchev–Trinajstić information content (AvgIpc) is 3.68. The molecule has 2 unspecified atom stereocenters. The number of carbonyl (C=O) groups is 2. The number of hydrogen-bond donors (Lipinski definition) is 1. The Bertz CT molecular complexity index is 1850. The van der Waals surface area contributed by atoms with Gasteiger partial charge in [-0.05, 0) is 103 Å². The Hall–Kier alpha value is -3.33. The zero-order valence-corrected chi connectivity index (χ0v) is 58.8. The largest absolute Gasteiger partial charge is 0.472 e. The summed E-state index contributed by atoms with van der Waals surface area (Å²) in [6.07, 6.45) is 96.5. The first-order valence-corrected chi connectivity index (χ1v) is 38.1. The van der Waals surface area contributed by atoms with Crippen LogP contribution in [0.2, 0.25) is 0 Å². The van der Waals surface area contributed by atoms with E-state index in [1.165, 1.54) is 193 Å². The summed E-state index contributed by atoms with van der Waals surface area (Å²) in [7, 11) is 1.46. The smallest absolute Gasteiger partial charge is 0.462 e. The van der Waals surface area contributed by atoms with Gasteiger partial charge in [-0.2, -0.15) is 0 Å². The summed E-state index contributed by atoms with van der Waals surface area (Å²) < 4.78 is 34.7. The normalized spacial score (nSPS) is 13.8. The fraction of sp³-hybridized carbons (Fsp3) is 0.744. The number of nitrogens with zero attached hydrogens (tertiary/aromatic N) is 1. The van der Waals surface area contributed by atoms with Gasteiger partial charge in [-0.3, -0.25) is 18.6 Å². The van der Waals surface area contributed by atoms with E-state index < -0.39 is 26.5 Å². The van der Waals surface area contributed by atoms with E-state index in [2.05, 4.69) is 123 Å². The molecule has 9 nitrogen and oxygen atoms in total. The van der Waals surface area contributed by atoms with Crippen molar-refractivity contribution in [3.8, 4) is 0 Å². The first kappa shape index (κ1) is 84.7. The maximum absolute atomic E-state index is 12.9. The summed E-state index contributed by atoms with van der Waals surface area (Å²) in [5.41, 5.74) is 0. The minimum Gasteiger partial charge on any atom is -0.462 e. The van der Waals surface area contributed by atoms with Gasteiger partial charge in [0.15, 0.2) is 6.10 Å². The first-order valence-electron chi connectivity index (χ1n) is 36.6. The van der Waals surface area contributed by atoms with E-state index in [1.54, 1.807) is 0 Å². The number of quaternary nitrogens is 1. The Morgan fingerprint density at radius 1 is 0.364 bits per heavy atom. The lowest BCUT2D eigenvalue weighted by molar-refractivity contribution is -0.870. The third-order valence-corrected chi connectivity index (χ3v) is 16.8. The van der Waals surface area contributed by atoms with Crippen LogP contribution >= 0.6 is 7.82 Å². The van der Waals surface area contributed by atoms with Crippen molar-refractivity contribution in [3.63, 3.8) is 0 Å². The fourth-order valence-electron chi connectivity index (χ4n) is 10.2. The molecule has 88 heavy (non-hydrogen) atoms. The van der Waals surface area contributed by atoms with Gasteiger partial charge < -0.3 is 18.9 Å². The molecule has 0 heterocycles. The lowest BCUT2D eigenvalue weighted by Crippen LogP contribution is -2.37. The number of esters is 2. The molecule has 0 amide bonds. The van der Waals surface area contributed by atoms with Crippen molar-refractivity contribution in [2.24, 2.45) is 0 Å². The molecule has 0 aliphatic rings. The number of allylic oxidation sites excluding steroid dienone is 18. The highest BCUT2D eigenvalue weighted by atomic mass is 31.2. The van der Waals surface area contributed by atoms with Crippen molar-refractivity contribution in [1.29, 1.82) is 0 Å². The zero-order chi connectivity index (χ0) is 64.1. The maximum Gasteiger partial charge on any atom is 0.472 e. The predicted octanol–water partition coefficient (Wildman–Crippen LogP) is 24.1. The lowest BCUT2D eigenvalue weighted by Gasteiger charge is -2.24. The number of unbranched alkanes of at least 4 members (excludes halogenated alkanes) is 35. The van der Waals surface area contributed by atoms with E-state index >= 15 is 0 Å². The van der Waals surface area contributed by atoms with Crippen molar-refractivity contribution in [2.45, 2.75) is 328 Å². The Kier molecular flexibility index (Phi) is 65.5. The Balaban J connectivity index is 3.96. The highest BCUT2D eigenvalue weighted by Gasteiger charge is 2.27. The summed E-state index contributed by atoms with van der Waals surface area (Å²) in [6.45, 7) is 4.30. The summed E-state index contributed by atoms with van der Waals surface area (Å²) in [5, 5.41) is 0. The van der Waals surface area contributed by atoms with Crippen molar-refractivity contribution in [2.75, 3.05) is 47.5 Å². The van der Waals surface area contributed by atoms with Crippen molar-refractivity contribution < 1.29 is 42.1 Å². The van der Waals surface area contributed by atoms with Crippen LogP contribution in [0.1, 0.15) is 322 Å². The van der Waals surface area contributed by atoms with Crippen LogP contribution in [-0.2, 0) is 32.7 Å². The van der Waals surface area contributed by atoms with Crippen LogP contribution in [0.4, 0.5) is 0 Å². The van der Waals surface area contributed by atoms with Gasteiger partial charge in [-0.25, -0.2) is 4.57 Å². The molecule has 0 bridgehead atoms. The van der Waals surface area contributed by atoms with Gasteiger partial charge in [-0.15, -0.1) is 0 Å². The molecule has 0 fully saturated rings. The Morgan fingerprint density at radius 2 is 0.648 bits per heavy atom. The molecule has 0 spiro atoms. The number of ether oxygens (including phenoxy) is 2. The van der Waals surface area contributed by atoms with Gasteiger partial charge >= 0.3 is 19.8 Å². The molecule has 0 aromatic heterocycles. The molecule has 0 rings (SSSR count). The maximum atomic E-state index is 12.9. The lowest BCUT2D eigenvalue weighted by atomic mass is 10.0. The van der Waals surface area contributed by atoms with E-state index in [-0.39, 0.29) is 32.0 Å². The summed E-state index contributed by atoms with van der Waals surface area (Å²) >= 11 is 0. The fourth-order valence-corrected chi connectivity index (χ4v) is 10.9. The second-order valence-corrected chi connectivity index (χ2v) is 27.0. The standard InChI is InChI=1S/C78H138NO8P/c1-6-8-10-12-14-16-18-20-22-24-26-28-30-31-32-33-34-35-36-37-38-39-40-41-42-43-44-45-46-47-49-50-52-54-56-58-60-62-64-66-68-70-77(80)84-74-76(75-86-88(82,83)85-73-72-79(3,4)5)87-78(81)71-69-67-65-63-61-59-57-55-53-51-48-29-27-25-23-21-19-17-15-13-11-9-7-2/h9,11,15,17-18,20-21,23-24,26-27,29-31,51,53,57,59,76H,6-8,10,12-14,16,19,22,25,28,32-50,52,54-56,58,60-75H2,1-5H3/p+1/b11-9-,17-15-,20-18-,23-21-,26-24-,29-27-,31-30-,53-51-,59-57-. The third kappa shape index (κ3) is 71.7. The summed E-state index contributed by atoms with van der Waals surface area (Å²) in [6, 6.07) is 0. The average molecular weight is 1250 g/mol. The third-order valence-electron chi connectivity index (χ3n) is 15.8. The molecule has 2 atom stereocenters. The molecule has 0 radical (unpaired) electrons. The molecule has 508 valence electrons. The number of rotatable bonds is 67. The summed E-state index contributed by atoms with van der Waals surface area (Å²) in [5.74, 6) is -0.821. The van der Waals surface area contributed by atoms with Crippen molar-refractivity contribution >= 4 is 19.8 Å². The van der Waals surface area contributed by atoms with Crippen LogP contribution in [0.3, 0.4) is 0 Å². The highest BCUT2D eigenvalue weighted by Crippen LogP contribution is 2.43. The van der Waals surface area contributed by atoms with Gasteiger partial charge in [0.2, 0.25) is 0 Å². The van der Waals surface area contributed by atoms with Crippen LogP contribution in [0.25, 0.3) is 0 Å². The first-order chi connectivity index (χ1) is 43.0. The minimum atomic E-state index is -4.40. The topological polar surface area (TPSA) is 108 Å². The Labute approximate surface area is 544 Å². The van der Waals surface area contributed by atoms with Crippen LogP contribution in [0.5, 0.6) is 0 Å². The van der Waals surface area contributed by atoms with Crippen LogP contribution in [-0.4, -0.2) is 74.9 Å². The number of likely N-dealkylation sites (N-methyl/N-ethyl adjacent to an activating group) is 1. The quantitative estimate of drug-likeness (QED) is 0.0211. The number of phosphoric acid groups is 1. The molecule has 0 saturated carbocycles. The highest BCUT2D eigenvalue weighted by molar-refractivity contribution is 7.47. The van der Waals surface area contributed by atoms with E-state index in [4.69, 9.17) is 18.5 Å². The van der Waals surface area contributed by atoms with E-state index in [0.29, 0.717) is 17.4 Å². The molecule has 0 aliphatic heterocycles. The van der Waals surface area contributed by atoms with Crippen LogP contribution in [0.15, 0.2) is 109 Å². The summed E-state index contributed by atoms with van der Waals surface area (Å²) in [4.78, 5) is 35.9. The molecule has 10 heteroatoms. The van der Waals surface area contributed by atoms with Gasteiger partial charge in [0.1, 0.15) is 19.8 Å². The molecular weight excluding hydrogens is 1110 g/mol. The molecule has 0 saturated heterocycles. The van der Waals surface area contributed by atoms with Gasteiger partial charge in [0.05, 0.1) is 27.7 Å². The van der Waals surface area contributed by atoms with E-state index in [0.717, 1.165) is 96.3 Å². The minimum absolute atomic E-state index is 0.0227. The number of hydrogen-bond acceptors (Lipinski definition) is 7. The predicted molar refractivity (Wildman–Crippen MR) is 381 cm³/mol. The van der Waals surface area contributed by atoms with Crippen LogP contribution in [0, 0.1) is 0 Å².